The number of carbonyl (C=O) groups excluding carboxylic acids is 1. The summed E-state index contributed by atoms with van der Waals surface area (Å²) in [5.41, 5.74) is 1.03. The molecule has 1 aromatic carbocycles. The van der Waals surface area contributed by atoms with E-state index in [2.05, 4.69) is 26.1 Å². The van der Waals surface area contributed by atoms with Gasteiger partial charge in [0.1, 0.15) is 0 Å². The van der Waals surface area contributed by atoms with Crippen molar-refractivity contribution in [3.63, 3.8) is 0 Å². The average Bonchev–Trinajstić information content (AvgIpc) is 3.23. The molecule has 0 atom stereocenters. The number of thiazole rings is 1. The molecule has 4 rings (SSSR count). The first-order valence-electron chi connectivity index (χ1n) is 7.07. The Labute approximate surface area is 130 Å². The number of anilines is 1. The molecule has 2 aromatic heterocycles. The smallest absolute Gasteiger partial charge is 0.345 e. The number of fused-ring (bicyclic) bond motifs is 1. The number of benzene rings is 1. The van der Waals surface area contributed by atoms with E-state index in [1.165, 1.54) is 17.1 Å². The van der Waals surface area contributed by atoms with Gasteiger partial charge in [0.25, 0.3) is 0 Å². The van der Waals surface area contributed by atoms with Crippen LogP contribution < -0.4 is 4.90 Å². The molecule has 7 nitrogen and oxygen atoms in total. The largest absolute Gasteiger partial charge is 0.362 e. The Hall–Kier alpha value is -2.48. The van der Waals surface area contributed by atoms with Crippen LogP contribution >= 0.6 is 11.3 Å². The maximum atomic E-state index is 12.2. The summed E-state index contributed by atoms with van der Waals surface area (Å²) in [5, 5.41) is 8.79. The summed E-state index contributed by atoms with van der Waals surface area (Å²) in [7, 11) is 0. The topological polar surface area (TPSA) is 67.2 Å². The normalized spacial score (nSPS) is 15.5. The summed E-state index contributed by atoms with van der Waals surface area (Å²) < 4.78 is 1.19. The minimum Gasteiger partial charge on any atom is -0.345 e. The van der Waals surface area contributed by atoms with Gasteiger partial charge in [0.15, 0.2) is 5.13 Å². The quantitative estimate of drug-likeness (QED) is 0.683. The van der Waals surface area contributed by atoms with Crippen molar-refractivity contribution in [1.29, 1.82) is 0 Å². The number of hydrogen-bond donors (Lipinski definition) is 0. The van der Waals surface area contributed by atoms with E-state index in [4.69, 9.17) is 0 Å². The van der Waals surface area contributed by atoms with E-state index in [9.17, 15) is 4.79 Å². The van der Waals surface area contributed by atoms with Gasteiger partial charge in [0, 0.05) is 26.2 Å². The van der Waals surface area contributed by atoms with Crippen molar-refractivity contribution in [3.8, 4) is 0 Å². The fourth-order valence-corrected chi connectivity index (χ4v) is 3.54. The van der Waals surface area contributed by atoms with E-state index < -0.39 is 0 Å². The van der Waals surface area contributed by atoms with E-state index in [-0.39, 0.29) is 6.03 Å². The average molecular weight is 314 g/mol. The van der Waals surface area contributed by atoms with Crippen LogP contribution in [-0.4, -0.2) is 57.1 Å². The number of hydrogen-bond acceptors (Lipinski definition) is 6. The van der Waals surface area contributed by atoms with Crippen LogP contribution in [0.25, 0.3) is 10.2 Å². The molecule has 0 radical (unpaired) electrons. The van der Waals surface area contributed by atoms with Gasteiger partial charge in [-0.25, -0.2) is 9.78 Å². The minimum atomic E-state index is -0.172. The van der Waals surface area contributed by atoms with E-state index in [1.807, 2.05) is 18.2 Å². The van der Waals surface area contributed by atoms with Crippen LogP contribution in [0.3, 0.4) is 0 Å². The molecule has 0 unspecified atom stereocenters. The van der Waals surface area contributed by atoms with Crippen LogP contribution in [0.1, 0.15) is 0 Å². The first-order chi connectivity index (χ1) is 10.8. The van der Waals surface area contributed by atoms with E-state index in [0.717, 1.165) is 28.5 Å². The summed E-state index contributed by atoms with van der Waals surface area (Å²) in [5.74, 6) is 0. The molecule has 0 saturated carbocycles. The van der Waals surface area contributed by atoms with Crippen molar-refractivity contribution < 1.29 is 4.79 Å². The summed E-state index contributed by atoms with van der Waals surface area (Å²) in [4.78, 5) is 22.0. The van der Waals surface area contributed by atoms with Crippen molar-refractivity contribution >= 4 is 32.7 Å². The third kappa shape index (κ3) is 2.31. The SMILES string of the molecule is O=C(N1CCN(c2nc3ccccc3s2)CC1)n1nccn1. The fraction of sp³-hybridized carbons (Fsp3) is 0.286. The van der Waals surface area contributed by atoms with Crippen LogP contribution in [0.4, 0.5) is 9.93 Å². The van der Waals surface area contributed by atoms with Crippen molar-refractivity contribution in [2.45, 2.75) is 0 Å². The van der Waals surface area contributed by atoms with Crippen LogP contribution in [-0.2, 0) is 0 Å². The van der Waals surface area contributed by atoms with E-state index in [0.29, 0.717) is 13.1 Å². The standard InChI is InChI=1S/C14H14N6OS/c21-14(20-15-5-6-16-20)19-9-7-18(8-10-19)13-17-11-3-1-2-4-12(11)22-13/h1-6H,7-10H2. The number of amides is 1. The van der Waals surface area contributed by atoms with Crippen LogP contribution in [0, 0.1) is 0 Å². The lowest BCUT2D eigenvalue weighted by molar-refractivity contribution is 0.189. The fourth-order valence-electron chi connectivity index (χ4n) is 2.53. The van der Waals surface area contributed by atoms with Crippen LogP contribution in [0.2, 0.25) is 0 Å². The van der Waals surface area contributed by atoms with Crippen LogP contribution in [0.15, 0.2) is 36.7 Å². The molecule has 0 aliphatic carbocycles. The third-order valence-corrected chi connectivity index (χ3v) is 4.79. The molecule has 8 heteroatoms. The molecule has 112 valence electrons. The number of para-hydroxylation sites is 1. The van der Waals surface area contributed by atoms with Crippen molar-refractivity contribution in [1.82, 2.24) is 24.9 Å². The Bertz CT molecular complexity index is 758. The molecule has 3 aromatic rings. The molecule has 1 aliphatic heterocycles. The zero-order valence-corrected chi connectivity index (χ0v) is 12.6. The third-order valence-electron chi connectivity index (χ3n) is 3.69. The number of piperazine rings is 1. The monoisotopic (exact) mass is 314 g/mol. The molecule has 0 N–H and O–H groups in total. The summed E-state index contributed by atoms with van der Waals surface area (Å²) >= 11 is 1.69. The Kier molecular flexibility index (Phi) is 3.23. The lowest BCUT2D eigenvalue weighted by Gasteiger charge is -2.33. The van der Waals surface area contributed by atoms with Gasteiger partial charge in [-0.1, -0.05) is 28.3 Å². The minimum absolute atomic E-state index is 0.172. The lowest BCUT2D eigenvalue weighted by atomic mass is 10.3. The van der Waals surface area contributed by atoms with Crippen molar-refractivity contribution in [3.05, 3.63) is 36.7 Å². The second kappa shape index (κ2) is 5.38. The van der Waals surface area contributed by atoms with Gasteiger partial charge in [-0.2, -0.15) is 10.2 Å². The van der Waals surface area contributed by atoms with Crippen molar-refractivity contribution in [2.75, 3.05) is 31.1 Å². The predicted molar refractivity (Wildman–Crippen MR) is 84.2 cm³/mol. The maximum Gasteiger partial charge on any atom is 0.362 e. The number of aromatic nitrogens is 4. The molecule has 1 aliphatic rings. The van der Waals surface area contributed by atoms with Gasteiger partial charge in [0.2, 0.25) is 0 Å². The van der Waals surface area contributed by atoms with E-state index in [1.54, 1.807) is 16.2 Å². The Balaban J connectivity index is 1.46. The molecule has 1 saturated heterocycles. The summed E-state index contributed by atoms with van der Waals surface area (Å²) in [6.45, 7) is 2.84. The maximum absolute atomic E-state index is 12.2. The predicted octanol–water partition coefficient (Wildman–Crippen LogP) is 1.68. The number of carbonyl (C=O) groups is 1. The van der Waals surface area contributed by atoms with E-state index >= 15 is 0 Å². The second-order valence-corrected chi connectivity index (χ2v) is 6.05. The zero-order valence-electron chi connectivity index (χ0n) is 11.8. The van der Waals surface area contributed by atoms with Crippen molar-refractivity contribution in [2.24, 2.45) is 0 Å². The molecule has 22 heavy (non-hydrogen) atoms. The molecule has 1 fully saturated rings. The first-order valence-corrected chi connectivity index (χ1v) is 7.89. The van der Waals surface area contributed by atoms with Gasteiger partial charge in [-0.05, 0) is 12.1 Å². The Morgan fingerprint density at radius 3 is 2.50 bits per heavy atom. The Morgan fingerprint density at radius 1 is 1.05 bits per heavy atom. The highest BCUT2D eigenvalue weighted by atomic mass is 32.1. The molecule has 0 bridgehead atoms. The second-order valence-electron chi connectivity index (χ2n) is 5.04. The molecular formula is C14H14N6OS. The lowest BCUT2D eigenvalue weighted by Crippen LogP contribution is -2.50. The van der Waals surface area contributed by atoms with Gasteiger partial charge in [0.05, 0.1) is 22.6 Å². The number of nitrogens with zero attached hydrogens (tertiary/aromatic N) is 6. The molecule has 3 heterocycles. The highest BCUT2D eigenvalue weighted by Gasteiger charge is 2.24. The van der Waals surface area contributed by atoms with Gasteiger partial charge in [-0.3, -0.25) is 0 Å². The highest BCUT2D eigenvalue weighted by molar-refractivity contribution is 7.22. The highest BCUT2D eigenvalue weighted by Crippen LogP contribution is 2.29. The number of rotatable bonds is 1. The van der Waals surface area contributed by atoms with Crippen LogP contribution in [0.5, 0.6) is 0 Å². The molecule has 1 amide bonds. The van der Waals surface area contributed by atoms with Gasteiger partial charge >= 0.3 is 6.03 Å². The summed E-state index contributed by atoms with van der Waals surface area (Å²) in [6.07, 6.45) is 3.02. The molecular weight excluding hydrogens is 300 g/mol. The van der Waals surface area contributed by atoms with Gasteiger partial charge in [-0.15, -0.1) is 0 Å². The first kappa shape index (κ1) is 13.2. The molecule has 0 spiro atoms. The Morgan fingerprint density at radius 2 is 1.77 bits per heavy atom. The zero-order chi connectivity index (χ0) is 14.9. The summed E-state index contributed by atoms with van der Waals surface area (Å²) in [6, 6.07) is 7.96. The van der Waals surface area contributed by atoms with Gasteiger partial charge < -0.3 is 9.80 Å².